The van der Waals surface area contributed by atoms with Crippen LogP contribution in [0.5, 0.6) is 5.75 Å². The van der Waals surface area contributed by atoms with Crippen molar-refractivity contribution in [2.45, 2.75) is 13.5 Å². The normalized spacial score (nSPS) is 9.65. The van der Waals surface area contributed by atoms with Gasteiger partial charge in [0.1, 0.15) is 6.61 Å². The molecule has 0 aliphatic heterocycles. The zero-order valence-corrected chi connectivity index (χ0v) is 9.60. The van der Waals surface area contributed by atoms with Gasteiger partial charge in [0.15, 0.2) is 5.75 Å². The van der Waals surface area contributed by atoms with Crippen molar-refractivity contribution >= 4 is 5.69 Å². The molecule has 0 radical (unpaired) electrons. The predicted octanol–water partition coefficient (Wildman–Crippen LogP) is 1.72. The Balaban J connectivity index is 2.93. The molecule has 0 unspecified atom stereocenters. The summed E-state index contributed by atoms with van der Waals surface area (Å²) in [5, 5.41) is 13.9. The van der Waals surface area contributed by atoms with Crippen molar-refractivity contribution < 1.29 is 9.66 Å². The molecule has 0 spiro atoms. The van der Waals surface area contributed by atoms with E-state index in [1.54, 1.807) is 12.1 Å². The molecule has 1 rings (SSSR count). The van der Waals surface area contributed by atoms with Crippen LogP contribution in [0.15, 0.2) is 18.2 Å². The van der Waals surface area contributed by atoms with E-state index >= 15 is 0 Å². The fourth-order valence-corrected chi connectivity index (χ4v) is 1.32. The van der Waals surface area contributed by atoms with Gasteiger partial charge in [-0.15, -0.1) is 6.42 Å². The zero-order chi connectivity index (χ0) is 12.7. The molecule has 0 saturated heterocycles. The van der Waals surface area contributed by atoms with E-state index < -0.39 is 4.92 Å². The van der Waals surface area contributed by atoms with Crippen LogP contribution in [0.1, 0.15) is 12.5 Å². The minimum absolute atomic E-state index is 0.0193. The highest BCUT2D eigenvalue weighted by molar-refractivity contribution is 5.48. The molecule has 0 amide bonds. The van der Waals surface area contributed by atoms with Crippen molar-refractivity contribution in [1.82, 2.24) is 5.32 Å². The van der Waals surface area contributed by atoms with Gasteiger partial charge in [-0.3, -0.25) is 10.1 Å². The standard InChI is InChI=1S/C12H14N2O3/c1-3-7-17-12-8-10(9-13-4-2)5-6-11(12)14(15)16/h1,5-6,8,13H,4,7,9H2,2H3. The van der Waals surface area contributed by atoms with Gasteiger partial charge in [0.2, 0.25) is 0 Å². The van der Waals surface area contributed by atoms with Crippen LogP contribution >= 0.6 is 0 Å². The summed E-state index contributed by atoms with van der Waals surface area (Å²) in [5.41, 5.74) is 0.852. The van der Waals surface area contributed by atoms with Gasteiger partial charge in [0, 0.05) is 12.6 Å². The van der Waals surface area contributed by atoms with E-state index in [4.69, 9.17) is 11.2 Å². The lowest BCUT2D eigenvalue weighted by Crippen LogP contribution is -2.12. The lowest BCUT2D eigenvalue weighted by Gasteiger charge is -2.07. The highest BCUT2D eigenvalue weighted by Crippen LogP contribution is 2.27. The van der Waals surface area contributed by atoms with Gasteiger partial charge in [-0.25, -0.2) is 0 Å². The average molecular weight is 234 g/mol. The molecule has 90 valence electrons. The van der Waals surface area contributed by atoms with Crippen LogP contribution in [0, 0.1) is 22.5 Å². The Morgan fingerprint density at radius 3 is 2.94 bits per heavy atom. The lowest BCUT2D eigenvalue weighted by molar-refractivity contribution is -0.385. The molecule has 0 bridgehead atoms. The summed E-state index contributed by atoms with van der Waals surface area (Å²) < 4.78 is 5.16. The van der Waals surface area contributed by atoms with E-state index in [0.717, 1.165) is 12.1 Å². The number of terminal acetylenes is 1. The summed E-state index contributed by atoms with van der Waals surface area (Å²) in [6, 6.07) is 4.76. The van der Waals surface area contributed by atoms with Crippen LogP contribution in [0.4, 0.5) is 5.69 Å². The van der Waals surface area contributed by atoms with E-state index in [-0.39, 0.29) is 18.0 Å². The molecule has 5 nitrogen and oxygen atoms in total. The van der Waals surface area contributed by atoms with Crippen molar-refractivity contribution in [3.63, 3.8) is 0 Å². The summed E-state index contributed by atoms with van der Waals surface area (Å²) in [5.74, 6) is 2.50. The Hall–Kier alpha value is -2.06. The van der Waals surface area contributed by atoms with E-state index in [0.29, 0.717) is 6.54 Å². The Morgan fingerprint density at radius 2 is 2.35 bits per heavy atom. The number of nitrogens with zero attached hydrogens (tertiary/aromatic N) is 1. The second kappa shape index (κ2) is 6.51. The van der Waals surface area contributed by atoms with Crippen LogP contribution in [-0.4, -0.2) is 18.1 Å². The number of rotatable bonds is 6. The average Bonchev–Trinajstić information content (AvgIpc) is 2.33. The Labute approximate surface area is 99.9 Å². The smallest absolute Gasteiger partial charge is 0.310 e. The van der Waals surface area contributed by atoms with E-state index in [9.17, 15) is 10.1 Å². The van der Waals surface area contributed by atoms with Crippen molar-refractivity contribution in [2.24, 2.45) is 0 Å². The molecule has 1 aromatic carbocycles. The summed E-state index contributed by atoms with van der Waals surface area (Å²) in [6.07, 6.45) is 5.06. The van der Waals surface area contributed by atoms with Crippen LogP contribution in [-0.2, 0) is 6.54 Å². The molecule has 0 aliphatic carbocycles. The van der Waals surface area contributed by atoms with Crippen molar-refractivity contribution in [3.05, 3.63) is 33.9 Å². The molecule has 0 aliphatic rings. The number of nitrogens with one attached hydrogen (secondary N) is 1. The molecule has 5 heteroatoms. The predicted molar refractivity (Wildman–Crippen MR) is 64.8 cm³/mol. The zero-order valence-electron chi connectivity index (χ0n) is 9.60. The number of nitro groups is 1. The number of hydrogen-bond donors (Lipinski definition) is 1. The molecule has 17 heavy (non-hydrogen) atoms. The third kappa shape index (κ3) is 3.78. The number of benzene rings is 1. The Kier molecular flexibility index (Phi) is 4.98. The first-order valence-corrected chi connectivity index (χ1v) is 5.23. The molecular formula is C12H14N2O3. The molecule has 0 atom stereocenters. The SMILES string of the molecule is C#CCOc1cc(CNCC)ccc1[N+](=O)[O-]. The molecule has 0 heterocycles. The van der Waals surface area contributed by atoms with Gasteiger partial charge in [0.05, 0.1) is 4.92 Å². The monoisotopic (exact) mass is 234 g/mol. The lowest BCUT2D eigenvalue weighted by atomic mass is 10.2. The van der Waals surface area contributed by atoms with Crippen molar-refractivity contribution in [3.8, 4) is 18.1 Å². The number of hydrogen-bond acceptors (Lipinski definition) is 4. The van der Waals surface area contributed by atoms with Gasteiger partial charge >= 0.3 is 5.69 Å². The topological polar surface area (TPSA) is 64.4 Å². The fraction of sp³-hybridized carbons (Fsp3) is 0.333. The van der Waals surface area contributed by atoms with Crippen LogP contribution in [0.25, 0.3) is 0 Å². The van der Waals surface area contributed by atoms with E-state index in [1.807, 2.05) is 6.92 Å². The van der Waals surface area contributed by atoms with Gasteiger partial charge in [-0.05, 0) is 18.2 Å². The second-order valence-corrected chi connectivity index (χ2v) is 3.33. The van der Waals surface area contributed by atoms with Gasteiger partial charge < -0.3 is 10.1 Å². The summed E-state index contributed by atoms with van der Waals surface area (Å²) >= 11 is 0. The second-order valence-electron chi connectivity index (χ2n) is 3.33. The first-order chi connectivity index (χ1) is 8.19. The summed E-state index contributed by atoms with van der Waals surface area (Å²) in [4.78, 5) is 10.3. The van der Waals surface area contributed by atoms with Gasteiger partial charge in [-0.2, -0.15) is 0 Å². The molecule has 1 N–H and O–H groups in total. The van der Waals surface area contributed by atoms with Crippen LogP contribution in [0.3, 0.4) is 0 Å². The maximum atomic E-state index is 10.8. The first-order valence-electron chi connectivity index (χ1n) is 5.23. The third-order valence-corrected chi connectivity index (χ3v) is 2.11. The highest BCUT2D eigenvalue weighted by atomic mass is 16.6. The largest absolute Gasteiger partial charge is 0.474 e. The highest BCUT2D eigenvalue weighted by Gasteiger charge is 2.15. The summed E-state index contributed by atoms with van der Waals surface area (Å²) in [6.45, 7) is 3.48. The van der Waals surface area contributed by atoms with Crippen molar-refractivity contribution in [1.29, 1.82) is 0 Å². The van der Waals surface area contributed by atoms with E-state index in [2.05, 4.69) is 11.2 Å². The Morgan fingerprint density at radius 1 is 1.59 bits per heavy atom. The van der Waals surface area contributed by atoms with Crippen LogP contribution in [0.2, 0.25) is 0 Å². The maximum absolute atomic E-state index is 10.8. The molecular weight excluding hydrogens is 220 g/mol. The quantitative estimate of drug-likeness (QED) is 0.462. The molecule has 1 aromatic rings. The molecule has 0 fully saturated rings. The number of ether oxygens (including phenoxy) is 1. The van der Waals surface area contributed by atoms with Crippen molar-refractivity contribution in [2.75, 3.05) is 13.2 Å². The molecule has 0 aromatic heterocycles. The van der Waals surface area contributed by atoms with Crippen LogP contribution < -0.4 is 10.1 Å². The first kappa shape index (κ1) is 13.0. The van der Waals surface area contributed by atoms with Gasteiger partial charge in [-0.1, -0.05) is 18.9 Å². The number of nitro benzene ring substituents is 1. The molecule has 0 saturated carbocycles. The van der Waals surface area contributed by atoms with Gasteiger partial charge in [0.25, 0.3) is 0 Å². The third-order valence-electron chi connectivity index (χ3n) is 2.11. The van der Waals surface area contributed by atoms with E-state index in [1.165, 1.54) is 6.07 Å². The minimum Gasteiger partial charge on any atom is -0.474 e. The Bertz CT molecular complexity index is 438. The summed E-state index contributed by atoms with van der Waals surface area (Å²) in [7, 11) is 0. The fourth-order valence-electron chi connectivity index (χ4n) is 1.32. The maximum Gasteiger partial charge on any atom is 0.310 e. The minimum atomic E-state index is -0.483.